The monoisotopic (exact) mass is 476 g/mol. The number of phenols is 1. The number of aromatic hydroxyl groups is 1. The minimum atomic E-state index is -5.14. The molecule has 10 nitrogen and oxygen atoms in total. The van der Waals surface area contributed by atoms with E-state index < -0.39 is 55.1 Å². The van der Waals surface area contributed by atoms with Gasteiger partial charge in [0.2, 0.25) is 0 Å². The average Bonchev–Trinajstić information content (AvgIpc) is 2.73. The van der Waals surface area contributed by atoms with Crippen LogP contribution < -0.4 is 40.6 Å². The number of nitrogen functional groups attached to an aromatic ring is 1. The number of aromatic carboxylic acids is 1. The molecule has 0 spiro atoms. The number of rotatable bonds is 4. The van der Waals surface area contributed by atoms with E-state index in [1.54, 1.807) is 6.07 Å². The molecule has 0 fully saturated rings. The maximum absolute atomic E-state index is 13.2. The Kier molecular flexibility index (Phi) is 6.37. The molecular weight excluding hydrogens is 463 g/mol. The van der Waals surface area contributed by atoms with Gasteiger partial charge in [-0.25, -0.2) is 13.2 Å². The summed E-state index contributed by atoms with van der Waals surface area (Å²) < 4.78 is 35.4. The van der Waals surface area contributed by atoms with Crippen molar-refractivity contribution in [3.8, 4) is 5.75 Å². The van der Waals surface area contributed by atoms with E-state index in [2.05, 4.69) is 5.32 Å². The molecule has 0 radical (unpaired) electrons. The first-order chi connectivity index (χ1) is 15.0. The second-order valence-corrected chi connectivity index (χ2v) is 8.25. The van der Waals surface area contributed by atoms with E-state index in [-0.39, 0.29) is 57.6 Å². The average molecular weight is 476 g/mol. The Bertz CT molecular complexity index is 1470. The smallest absolute Gasteiger partial charge is 0.744 e. The van der Waals surface area contributed by atoms with Gasteiger partial charge in [0.1, 0.15) is 21.4 Å². The molecule has 0 aliphatic heterocycles. The van der Waals surface area contributed by atoms with Gasteiger partial charge in [0.15, 0.2) is 11.6 Å². The Morgan fingerprint density at radius 1 is 0.970 bits per heavy atom. The van der Waals surface area contributed by atoms with Crippen LogP contribution in [0.3, 0.4) is 0 Å². The van der Waals surface area contributed by atoms with E-state index in [0.29, 0.717) is 0 Å². The number of carboxylic acid groups (broad SMARTS) is 1. The van der Waals surface area contributed by atoms with Gasteiger partial charge >= 0.3 is 35.5 Å². The van der Waals surface area contributed by atoms with Crippen LogP contribution in [0.5, 0.6) is 5.75 Å². The van der Waals surface area contributed by atoms with Crippen molar-refractivity contribution in [1.82, 2.24) is 0 Å². The van der Waals surface area contributed by atoms with Crippen LogP contribution in [-0.4, -0.2) is 40.7 Å². The van der Waals surface area contributed by atoms with Crippen molar-refractivity contribution in [2.75, 3.05) is 11.1 Å². The van der Waals surface area contributed by atoms with Gasteiger partial charge in [0, 0.05) is 16.8 Å². The predicted molar refractivity (Wildman–Crippen MR) is 110 cm³/mol. The minimum Gasteiger partial charge on any atom is -0.744 e. The number of nitrogens with two attached hydrogens (primary N) is 1. The Morgan fingerprint density at radius 3 is 2.09 bits per heavy atom. The second kappa shape index (κ2) is 8.61. The molecule has 4 rings (SSSR count). The number of hydrogen-bond donors (Lipinski definition) is 4. The molecule has 3 aromatic rings. The fourth-order valence-corrected chi connectivity index (χ4v) is 4.17. The van der Waals surface area contributed by atoms with Crippen LogP contribution in [0.25, 0.3) is 0 Å². The Hall–Kier alpha value is -3.22. The van der Waals surface area contributed by atoms with Crippen LogP contribution >= 0.6 is 0 Å². The fourth-order valence-electron chi connectivity index (χ4n) is 3.54. The number of anilines is 3. The zero-order valence-corrected chi connectivity index (χ0v) is 19.8. The van der Waals surface area contributed by atoms with Crippen LogP contribution in [0.15, 0.2) is 53.4 Å². The van der Waals surface area contributed by atoms with Gasteiger partial charge in [-0.3, -0.25) is 9.59 Å². The maximum Gasteiger partial charge on any atom is 1.00 e. The molecule has 0 amide bonds. The van der Waals surface area contributed by atoms with E-state index in [9.17, 15) is 37.6 Å². The summed E-state index contributed by atoms with van der Waals surface area (Å²) in [5.41, 5.74) is 3.90. The third-order valence-electron chi connectivity index (χ3n) is 4.98. The minimum absolute atomic E-state index is 0. The van der Waals surface area contributed by atoms with Gasteiger partial charge in [-0.05, 0) is 24.3 Å². The number of carbonyl (C=O) groups is 3. The Morgan fingerprint density at radius 2 is 1.55 bits per heavy atom. The fraction of sp³-hybridized carbons (Fsp3) is 0. The molecule has 162 valence electrons. The van der Waals surface area contributed by atoms with Gasteiger partial charge in [0.05, 0.1) is 27.4 Å². The molecule has 1 aliphatic rings. The number of benzene rings is 3. The van der Waals surface area contributed by atoms with E-state index in [1.807, 2.05) is 0 Å². The summed E-state index contributed by atoms with van der Waals surface area (Å²) in [6.45, 7) is 0. The molecule has 0 aromatic heterocycles. The SMILES string of the molecule is Nc1c(S(=O)(=O)[O-])cc(Nc2ccc(O)c(C(=O)O)c2)c2c1C(=O)c1ccccc1C2=O.[Na+]. The summed E-state index contributed by atoms with van der Waals surface area (Å²) in [5.74, 6) is -3.34. The van der Waals surface area contributed by atoms with E-state index in [4.69, 9.17) is 5.73 Å². The molecule has 1 aliphatic carbocycles. The third-order valence-corrected chi connectivity index (χ3v) is 5.85. The number of carbonyl (C=O) groups excluding carboxylic acids is 2. The molecule has 0 bridgehead atoms. The van der Waals surface area contributed by atoms with Gasteiger partial charge in [-0.2, -0.15) is 0 Å². The quantitative estimate of drug-likeness (QED) is 0.124. The van der Waals surface area contributed by atoms with Crippen molar-refractivity contribution in [2.24, 2.45) is 0 Å². The molecule has 0 saturated carbocycles. The summed E-state index contributed by atoms with van der Waals surface area (Å²) in [6.07, 6.45) is 0. The van der Waals surface area contributed by atoms with Crippen molar-refractivity contribution < 1.29 is 67.1 Å². The third kappa shape index (κ3) is 4.12. The summed E-state index contributed by atoms with van der Waals surface area (Å²) in [5, 5.41) is 21.6. The summed E-state index contributed by atoms with van der Waals surface area (Å²) in [4.78, 5) is 36.7. The van der Waals surface area contributed by atoms with Gasteiger partial charge < -0.3 is 25.8 Å². The zero-order valence-electron chi connectivity index (χ0n) is 16.9. The molecule has 33 heavy (non-hydrogen) atoms. The predicted octanol–water partition coefficient (Wildman–Crippen LogP) is -0.900. The molecule has 3 aromatic carbocycles. The van der Waals surface area contributed by atoms with E-state index >= 15 is 0 Å². The van der Waals surface area contributed by atoms with Crippen molar-refractivity contribution in [2.45, 2.75) is 4.90 Å². The van der Waals surface area contributed by atoms with E-state index in [1.165, 1.54) is 24.3 Å². The molecule has 0 atom stereocenters. The van der Waals surface area contributed by atoms with Crippen molar-refractivity contribution >= 4 is 44.7 Å². The Labute approximate surface area is 209 Å². The van der Waals surface area contributed by atoms with Crippen molar-refractivity contribution in [3.05, 3.63) is 76.3 Å². The molecule has 0 saturated heterocycles. The molecule has 5 N–H and O–H groups in total. The largest absolute Gasteiger partial charge is 1.00 e. The van der Waals surface area contributed by atoms with Crippen LogP contribution in [0.4, 0.5) is 17.1 Å². The first-order valence-electron chi connectivity index (χ1n) is 8.95. The number of carboxylic acids is 1. The van der Waals surface area contributed by atoms with Crippen molar-refractivity contribution in [1.29, 1.82) is 0 Å². The van der Waals surface area contributed by atoms with Gasteiger partial charge in [-0.1, -0.05) is 24.3 Å². The van der Waals surface area contributed by atoms with Crippen molar-refractivity contribution in [3.63, 3.8) is 0 Å². The first kappa shape index (κ1) is 24.4. The zero-order chi connectivity index (χ0) is 23.4. The van der Waals surface area contributed by atoms with Crippen LogP contribution in [0.1, 0.15) is 42.2 Å². The van der Waals surface area contributed by atoms with Gasteiger partial charge in [0.25, 0.3) is 0 Å². The van der Waals surface area contributed by atoms with Gasteiger partial charge in [-0.15, -0.1) is 0 Å². The molecular formula is C21H13N2NaO8S. The number of fused-ring (bicyclic) bond motifs is 2. The van der Waals surface area contributed by atoms with Crippen LogP contribution in [0, 0.1) is 0 Å². The standard InChI is InChI=1S/C21H14N2O8S.Na/c22-18-15(32(29,30)31)8-13(23-9-5-6-14(24)12(7-9)21(27)28)16-17(18)20(26)11-4-2-1-3-10(11)19(16)25;/h1-8,23-24H,22H2,(H,27,28)(H,29,30,31);/q;+1/p-1. The van der Waals surface area contributed by atoms with Crippen LogP contribution in [-0.2, 0) is 10.1 Å². The summed E-state index contributed by atoms with van der Waals surface area (Å²) >= 11 is 0. The maximum atomic E-state index is 13.2. The number of hydrogen-bond acceptors (Lipinski definition) is 9. The molecule has 0 heterocycles. The summed E-state index contributed by atoms with van der Waals surface area (Å²) in [7, 11) is -5.14. The number of ketones is 2. The second-order valence-electron chi connectivity index (χ2n) is 6.91. The number of nitrogens with one attached hydrogen (secondary N) is 1. The Balaban J connectivity index is 0.00000306. The molecule has 12 heteroatoms. The summed E-state index contributed by atoms with van der Waals surface area (Å²) in [6, 6.07) is 10.0. The normalized spacial score (nSPS) is 12.4. The van der Waals surface area contributed by atoms with E-state index in [0.717, 1.165) is 18.2 Å². The topological polar surface area (TPSA) is 187 Å². The molecule has 0 unspecified atom stereocenters. The van der Waals surface area contributed by atoms with Crippen LogP contribution in [0.2, 0.25) is 0 Å². The first-order valence-corrected chi connectivity index (χ1v) is 10.4.